The van der Waals surface area contributed by atoms with Crippen LogP contribution in [0.1, 0.15) is 30.9 Å². The Labute approximate surface area is 254 Å². The van der Waals surface area contributed by atoms with Gasteiger partial charge in [0.05, 0.1) is 17.1 Å². The predicted molar refractivity (Wildman–Crippen MR) is 158 cm³/mol. The van der Waals surface area contributed by atoms with Gasteiger partial charge in [0.1, 0.15) is 12.1 Å². The number of carbonyl (C=O) groups excluding carboxylic acids is 2. The Morgan fingerprint density at radius 1 is 1.11 bits per heavy atom. The van der Waals surface area contributed by atoms with Crippen LogP contribution in [0.25, 0.3) is 17.1 Å². The number of urea groups is 1. The average molecular weight is 626 g/mol. The van der Waals surface area contributed by atoms with E-state index in [0.29, 0.717) is 22.2 Å². The van der Waals surface area contributed by atoms with Gasteiger partial charge in [0.15, 0.2) is 17.7 Å². The van der Waals surface area contributed by atoms with Gasteiger partial charge in [-0.3, -0.25) is 9.69 Å². The number of nitrogens with one attached hydrogen (secondary N) is 1. The van der Waals surface area contributed by atoms with Gasteiger partial charge in [0.2, 0.25) is 11.8 Å². The standard InChI is InChI=1S/C29H26F3N7O4S/c1-17(2)22-10-4-18(3)12-23(22)39-25(40)14-44-28(39)36-27(41)35-16-42-24-11-5-19(13-33-24)26-34-15-38(37-26)20-6-8-21(9-7-20)43-29(30,31)32/h4-13,15,17H,14,16H2,1-3H3,(H,35,41)/b36-28-. The second-order valence-corrected chi connectivity index (χ2v) is 10.8. The minimum atomic E-state index is -4.77. The van der Waals surface area contributed by atoms with E-state index in [1.54, 1.807) is 12.1 Å². The molecule has 0 bridgehead atoms. The van der Waals surface area contributed by atoms with Gasteiger partial charge in [-0.1, -0.05) is 37.7 Å². The van der Waals surface area contributed by atoms with E-state index >= 15 is 0 Å². The number of alkyl halides is 3. The first-order chi connectivity index (χ1) is 21.0. The average Bonchev–Trinajstić information content (AvgIpc) is 3.60. The summed E-state index contributed by atoms with van der Waals surface area (Å²) in [7, 11) is 0. The Morgan fingerprint density at radius 3 is 2.57 bits per heavy atom. The van der Waals surface area contributed by atoms with Crippen molar-refractivity contribution in [1.29, 1.82) is 0 Å². The van der Waals surface area contributed by atoms with E-state index in [9.17, 15) is 22.8 Å². The molecule has 2 aromatic heterocycles. The first-order valence-electron chi connectivity index (χ1n) is 13.3. The van der Waals surface area contributed by atoms with Crippen LogP contribution in [-0.4, -0.2) is 55.7 Å². The Kier molecular flexibility index (Phi) is 8.85. The van der Waals surface area contributed by atoms with Gasteiger partial charge in [-0.15, -0.1) is 18.3 Å². The fourth-order valence-electron chi connectivity index (χ4n) is 4.23. The highest BCUT2D eigenvalue weighted by molar-refractivity contribution is 8.15. The number of amidine groups is 1. The number of hydrogen-bond acceptors (Lipinski definition) is 8. The van der Waals surface area contributed by atoms with Gasteiger partial charge >= 0.3 is 12.4 Å². The zero-order valence-electron chi connectivity index (χ0n) is 23.7. The van der Waals surface area contributed by atoms with Crippen molar-refractivity contribution in [3.63, 3.8) is 0 Å². The second kappa shape index (κ2) is 12.8. The van der Waals surface area contributed by atoms with Gasteiger partial charge in [0, 0.05) is 17.8 Å². The summed E-state index contributed by atoms with van der Waals surface area (Å²) in [4.78, 5) is 39.3. The minimum absolute atomic E-state index is 0.151. The number of carbonyl (C=O) groups is 2. The number of ether oxygens (including phenoxy) is 2. The molecule has 228 valence electrons. The normalized spacial score (nSPS) is 14.4. The highest BCUT2D eigenvalue weighted by Gasteiger charge is 2.33. The van der Waals surface area contributed by atoms with E-state index in [0.717, 1.165) is 16.8 Å². The number of anilines is 1. The monoisotopic (exact) mass is 625 g/mol. The largest absolute Gasteiger partial charge is 0.573 e. The maximum Gasteiger partial charge on any atom is 0.573 e. The van der Waals surface area contributed by atoms with E-state index in [4.69, 9.17) is 4.74 Å². The number of aromatic nitrogens is 4. The van der Waals surface area contributed by atoms with Crippen LogP contribution in [0.15, 0.2) is 72.1 Å². The molecule has 44 heavy (non-hydrogen) atoms. The van der Waals surface area contributed by atoms with Crippen molar-refractivity contribution in [2.45, 2.75) is 33.1 Å². The summed E-state index contributed by atoms with van der Waals surface area (Å²) in [5.41, 5.74) is 3.72. The molecule has 1 fully saturated rings. The SMILES string of the molecule is Cc1ccc(C(C)C)c(N2C(=O)CS/C2=N\C(=O)NCOc2ccc(-c3ncn(-c4ccc(OC(F)(F)F)cc4)n3)cn2)c1. The molecule has 4 aromatic rings. The molecule has 5 rings (SSSR count). The molecule has 0 spiro atoms. The molecule has 0 unspecified atom stereocenters. The zero-order valence-corrected chi connectivity index (χ0v) is 24.5. The van der Waals surface area contributed by atoms with E-state index in [2.05, 4.69) is 30.1 Å². The van der Waals surface area contributed by atoms with Crippen molar-refractivity contribution in [3.8, 4) is 28.7 Å². The lowest BCUT2D eigenvalue weighted by Crippen LogP contribution is -2.33. The van der Waals surface area contributed by atoms with Gasteiger partial charge in [-0.05, 0) is 60.4 Å². The Balaban J connectivity index is 1.17. The third kappa shape index (κ3) is 7.34. The van der Waals surface area contributed by atoms with Crippen molar-refractivity contribution < 1.29 is 32.2 Å². The number of aliphatic imine (C=N–C) groups is 1. The highest BCUT2D eigenvalue weighted by atomic mass is 32.2. The zero-order chi connectivity index (χ0) is 31.4. The lowest BCUT2D eigenvalue weighted by Gasteiger charge is -2.22. The molecular weight excluding hydrogens is 599 g/mol. The van der Waals surface area contributed by atoms with Crippen LogP contribution in [0.4, 0.5) is 23.7 Å². The number of nitrogens with zero attached hydrogens (tertiary/aromatic N) is 6. The number of hydrogen-bond donors (Lipinski definition) is 1. The molecular formula is C29H26F3N7O4S. The van der Waals surface area contributed by atoms with Crippen molar-refractivity contribution in [1.82, 2.24) is 25.1 Å². The predicted octanol–water partition coefficient (Wildman–Crippen LogP) is 5.84. The van der Waals surface area contributed by atoms with E-state index in [-0.39, 0.29) is 35.9 Å². The molecule has 1 aliphatic heterocycles. The molecule has 0 atom stereocenters. The minimum Gasteiger partial charge on any atom is -0.456 e. The van der Waals surface area contributed by atoms with E-state index in [1.165, 1.54) is 58.1 Å². The molecule has 3 heterocycles. The maximum atomic E-state index is 12.7. The summed E-state index contributed by atoms with van der Waals surface area (Å²) < 4.78 is 47.9. The summed E-state index contributed by atoms with van der Waals surface area (Å²) >= 11 is 1.19. The number of pyridine rings is 1. The first kappa shape index (κ1) is 30.5. The molecule has 0 saturated carbocycles. The number of halogens is 3. The van der Waals surface area contributed by atoms with Gasteiger partial charge < -0.3 is 14.8 Å². The molecule has 3 amide bonds. The topological polar surface area (TPSA) is 124 Å². The van der Waals surface area contributed by atoms with Crippen LogP contribution < -0.4 is 19.7 Å². The maximum absolute atomic E-state index is 12.7. The van der Waals surface area contributed by atoms with Crippen molar-refractivity contribution >= 4 is 34.6 Å². The van der Waals surface area contributed by atoms with Gasteiger partial charge in [0.25, 0.3) is 0 Å². The fraction of sp³-hybridized carbons (Fsp3) is 0.241. The second-order valence-electron chi connectivity index (χ2n) is 9.84. The molecule has 1 aliphatic rings. The molecule has 2 aromatic carbocycles. The number of rotatable bonds is 8. The van der Waals surface area contributed by atoms with Crippen LogP contribution >= 0.6 is 11.8 Å². The van der Waals surface area contributed by atoms with Crippen molar-refractivity contribution in [3.05, 3.63) is 78.2 Å². The lowest BCUT2D eigenvalue weighted by atomic mass is 9.99. The lowest BCUT2D eigenvalue weighted by molar-refractivity contribution is -0.274. The Hall–Kier alpha value is -4.92. The number of thioether (sulfide) groups is 1. The number of amides is 3. The van der Waals surface area contributed by atoms with Gasteiger partial charge in [-0.25, -0.2) is 19.4 Å². The number of benzene rings is 2. The highest BCUT2D eigenvalue weighted by Crippen LogP contribution is 2.34. The van der Waals surface area contributed by atoms with Crippen LogP contribution in [0.2, 0.25) is 0 Å². The molecule has 15 heteroatoms. The third-order valence-corrected chi connectivity index (χ3v) is 7.20. The molecule has 1 saturated heterocycles. The molecule has 0 aliphatic carbocycles. The molecule has 1 N–H and O–H groups in total. The summed E-state index contributed by atoms with van der Waals surface area (Å²) in [6.45, 7) is 5.79. The summed E-state index contributed by atoms with van der Waals surface area (Å²) in [6, 6.07) is 13.6. The Bertz CT molecular complexity index is 1690. The van der Waals surface area contributed by atoms with E-state index < -0.39 is 12.4 Å². The van der Waals surface area contributed by atoms with Crippen LogP contribution in [0, 0.1) is 6.92 Å². The van der Waals surface area contributed by atoms with Crippen LogP contribution in [0.3, 0.4) is 0 Å². The van der Waals surface area contributed by atoms with Crippen LogP contribution in [0.5, 0.6) is 11.6 Å². The number of aryl methyl sites for hydroxylation is 1. The summed E-state index contributed by atoms with van der Waals surface area (Å²) in [6.07, 6.45) is -1.89. The van der Waals surface area contributed by atoms with Crippen molar-refractivity contribution in [2.24, 2.45) is 4.99 Å². The third-order valence-electron chi connectivity index (χ3n) is 6.28. The summed E-state index contributed by atoms with van der Waals surface area (Å²) in [5.74, 6) is 0.395. The first-order valence-corrected chi connectivity index (χ1v) is 14.3. The van der Waals surface area contributed by atoms with E-state index in [1.807, 2.05) is 39.0 Å². The summed E-state index contributed by atoms with van der Waals surface area (Å²) in [5, 5.41) is 7.16. The van der Waals surface area contributed by atoms with Crippen molar-refractivity contribution in [2.75, 3.05) is 17.4 Å². The molecule has 11 nitrogen and oxygen atoms in total. The smallest absolute Gasteiger partial charge is 0.456 e. The molecule has 0 radical (unpaired) electrons. The van der Waals surface area contributed by atoms with Gasteiger partial charge in [-0.2, -0.15) is 4.99 Å². The fourth-order valence-corrected chi connectivity index (χ4v) is 5.09. The quantitative estimate of drug-likeness (QED) is 0.242. The Morgan fingerprint density at radius 2 is 1.89 bits per heavy atom. The van der Waals surface area contributed by atoms with Crippen LogP contribution in [-0.2, 0) is 4.79 Å².